The maximum absolute atomic E-state index is 12.5. The van der Waals surface area contributed by atoms with Gasteiger partial charge in [0.05, 0.1) is 25.2 Å². The number of morpholine rings is 1. The lowest BCUT2D eigenvalue weighted by atomic mass is 10.0. The number of ether oxygens (including phenoxy) is 2. The zero-order chi connectivity index (χ0) is 15.5. The number of hydrogen-bond acceptors (Lipinski definition) is 4. The monoisotopic (exact) mass is 292 g/mol. The Morgan fingerprint density at radius 2 is 2.10 bits per heavy atom. The van der Waals surface area contributed by atoms with Crippen molar-refractivity contribution in [2.24, 2.45) is 5.73 Å². The smallest absolute Gasteiger partial charge is 0.227 e. The van der Waals surface area contributed by atoms with Crippen LogP contribution in [0.1, 0.15) is 19.4 Å². The van der Waals surface area contributed by atoms with Crippen LogP contribution >= 0.6 is 0 Å². The molecule has 1 atom stereocenters. The van der Waals surface area contributed by atoms with E-state index in [0.717, 1.165) is 11.3 Å². The molecule has 1 unspecified atom stereocenters. The van der Waals surface area contributed by atoms with Gasteiger partial charge in [0.1, 0.15) is 5.75 Å². The van der Waals surface area contributed by atoms with Crippen LogP contribution in [0, 0.1) is 0 Å². The van der Waals surface area contributed by atoms with Crippen molar-refractivity contribution in [1.82, 2.24) is 4.90 Å². The van der Waals surface area contributed by atoms with E-state index in [-0.39, 0.29) is 17.6 Å². The number of benzene rings is 1. The quantitative estimate of drug-likeness (QED) is 0.906. The first-order valence-corrected chi connectivity index (χ1v) is 7.22. The van der Waals surface area contributed by atoms with Crippen LogP contribution in [-0.4, -0.2) is 49.3 Å². The Bertz CT molecular complexity index is 485. The standard InChI is InChI=1S/C16H24N2O3/c1-16(2)11-18(10-14(9-17)21-16)15(19)8-12-4-6-13(20-3)7-5-12/h4-7,14H,8-11,17H2,1-3H3. The topological polar surface area (TPSA) is 64.8 Å². The summed E-state index contributed by atoms with van der Waals surface area (Å²) in [7, 11) is 1.63. The lowest BCUT2D eigenvalue weighted by Gasteiger charge is -2.42. The molecule has 2 rings (SSSR count). The Hall–Kier alpha value is -1.59. The van der Waals surface area contributed by atoms with E-state index in [1.165, 1.54) is 0 Å². The maximum atomic E-state index is 12.5. The number of amides is 1. The summed E-state index contributed by atoms with van der Waals surface area (Å²) in [6.45, 7) is 5.56. The van der Waals surface area contributed by atoms with Crippen LogP contribution in [0.5, 0.6) is 5.75 Å². The fourth-order valence-electron chi connectivity index (χ4n) is 2.64. The van der Waals surface area contributed by atoms with Crippen LogP contribution in [0.25, 0.3) is 0 Å². The van der Waals surface area contributed by atoms with E-state index in [1.807, 2.05) is 43.0 Å². The van der Waals surface area contributed by atoms with E-state index in [0.29, 0.717) is 26.1 Å². The lowest BCUT2D eigenvalue weighted by molar-refractivity contribution is -0.158. The van der Waals surface area contributed by atoms with Crippen molar-refractivity contribution in [3.63, 3.8) is 0 Å². The second-order valence-electron chi connectivity index (χ2n) is 6.03. The van der Waals surface area contributed by atoms with Gasteiger partial charge in [0.15, 0.2) is 0 Å². The fraction of sp³-hybridized carbons (Fsp3) is 0.562. The molecule has 0 bridgehead atoms. The third kappa shape index (κ3) is 4.19. The Labute approximate surface area is 126 Å². The predicted molar refractivity (Wildman–Crippen MR) is 81.3 cm³/mol. The van der Waals surface area contributed by atoms with E-state index in [9.17, 15) is 4.79 Å². The molecule has 5 nitrogen and oxygen atoms in total. The summed E-state index contributed by atoms with van der Waals surface area (Å²) in [6.07, 6.45) is 0.297. The predicted octanol–water partition coefficient (Wildman–Crippen LogP) is 1.20. The van der Waals surface area contributed by atoms with E-state index >= 15 is 0 Å². The molecule has 1 aliphatic rings. The maximum Gasteiger partial charge on any atom is 0.227 e. The highest BCUT2D eigenvalue weighted by atomic mass is 16.5. The Morgan fingerprint density at radius 3 is 2.67 bits per heavy atom. The van der Waals surface area contributed by atoms with Crippen LogP contribution in [0.2, 0.25) is 0 Å². The van der Waals surface area contributed by atoms with Gasteiger partial charge in [-0.1, -0.05) is 12.1 Å². The third-order valence-electron chi connectivity index (χ3n) is 3.61. The van der Waals surface area contributed by atoms with Crippen molar-refractivity contribution in [2.45, 2.75) is 32.0 Å². The molecule has 0 aromatic heterocycles. The second-order valence-corrected chi connectivity index (χ2v) is 6.03. The molecule has 0 aliphatic carbocycles. The van der Waals surface area contributed by atoms with Crippen LogP contribution in [0.4, 0.5) is 0 Å². The lowest BCUT2D eigenvalue weighted by Crippen LogP contribution is -2.56. The van der Waals surface area contributed by atoms with Gasteiger partial charge in [0.2, 0.25) is 5.91 Å². The second kappa shape index (κ2) is 6.45. The van der Waals surface area contributed by atoms with Crippen molar-refractivity contribution in [3.05, 3.63) is 29.8 Å². The van der Waals surface area contributed by atoms with Gasteiger partial charge < -0.3 is 20.1 Å². The SMILES string of the molecule is COc1ccc(CC(=O)N2CC(CN)OC(C)(C)C2)cc1. The summed E-state index contributed by atoms with van der Waals surface area (Å²) in [4.78, 5) is 14.3. The molecule has 21 heavy (non-hydrogen) atoms. The van der Waals surface area contributed by atoms with E-state index in [2.05, 4.69) is 0 Å². The van der Waals surface area contributed by atoms with Gasteiger partial charge in [0.25, 0.3) is 0 Å². The summed E-state index contributed by atoms with van der Waals surface area (Å²) < 4.78 is 11.0. The van der Waals surface area contributed by atoms with Gasteiger partial charge in [-0.15, -0.1) is 0 Å². The molecule has 116 valence electrons. The molecule has 1 aliphatic heterocycles. The highest BCUT2D eigenvalue weighted by Gasteiger charge is 2.34. The van der Waals surface area contributed by atoms with Crippen LogP contribution < -0.4 is 10.5 Å². The summed E-state index contributed by atoms with van der Waals surface area (Å²) in [5, 5.41) is 0. The Morgan fingerprint density at radius 1 is 1.43 bits per heavy atom. The third-order valence-corrected chi connectivity index (χ3v) is 3.61. The summed E-state index contributed by atoms with van der Waals surface area (Å²) >= 11 is 0. The molecular weight excluding hydrogens is 268 g/mol. The number of hydrogen-bond donors (Lipinski definition) is 1. The number of carbonyl (C=O) groups excluding carboxylic acids is 1. The summed E-state index contributed by atoms with van der Waals surface area (Å²) in [6, 6.07) is 7.58. The van der Waals surface area contributed by atoms with Crippen molar-refractivity contribution in [2.75, 3.05) is 26.7 Å². The molecule has 0 spiro atoms. The van der Waals surface area contributed by atoms with Gasteiger partial charge in [-0.25, -0.2) is 0 Å². The summed E-state index contributed by atoms with van der Waals surface area (Å²) in [5.41, 5.74) is 6.33. The largest absolute Gasteiger partial charge is 0.497 e. The molecule has 1 aromatic rings. The first-order chi connectivity index (χ1) is 9.93. The Kier molecular flexibility index (Phi) is 4.85. The number of nitrogens with zero attached hydrogens (tertiary/aromatic N) is 1. The van der Waals surface area contributed by atoms with Gasteiger partial charge in [0, 0.05) is 19.6 Å². The molecule has 1 heterocycles. The molecular formula is C16H24N2O3. The van der Waals surface area contributed by atoms with Crippen LogP contribution in [0.15, 0.2) is 24.3 Å². The first-order valence-electron chi connectivity index (χ1n) is 7.22. The summed E-state index contributed by atoms with van der Waals surface area (Å²) in [5.74, 6) is 0.900. The Balaban J connectivity index is 2.01. The van der Waals surface area contributed by atoms with Crippen molar-refractivity contribution < 1.29 is 14.3 Å². The van der Waals surface area contributed by atoms with Gasteiger partial charge in [-0.05, 0) is 31.5 Å². The van der Waals surface area contributed by atoms with Crippen molar-refractivity contribution in [3.8, 4) is 5.75 Å². The van der Waals surface area contributed by atoms with Gasteiger partial charge in [-0.3, -0.25) is 4.79 Å². The molecule has 1 amide bonds. The van der Waals surface area contributed by atoms with Crippen molar-refractivity contribution in [1.29, 1.82) is 0 Å². The molecule has 1 saturated heterocycles. The molecule has 0 radical (unpaired) electrons. The average Bonchev–Trinajstić information content (AvgIpc) is 2.46. The van der Waals surface area contributed by atoms with E-state index in [1.54, 1.807) is 7.11 Å². The average molecular weight is 292 g/mol. The highest BCUT2D eigenvalue weighted by Crippen LogP contribution is 2.21. The van der Waals surface area contributed by atoms with Gasteiger partial charge in [-0.2, -0.15) is 0 Å². The molecule has 1 aromatic carbocycles. The van der Waals surface area contributed by atoms with E-state index in [4.69, 9.17) is 15.2 Å². The molecule has 0 saturated carbocycles. The minimum Gasteiger partial charge on any atom is -0.497 e. The number of nitrogens with two attached hydrogens (primary N) is 1. The highest BCUT2D eigenvalue weighted by molar-refractivity contribution is 5.79. The van der Waals surface area contributed by atoms with Crippen molar-refractivity contribution >= 4 is 5.91 Å². The molecule has 2 N–H and O–H groups in total. The van der Waals surface area contributed by atoms with E-state index < -0.39 is 0 Å². The minimum atomic E-state index is -0.349. The number of methoxy groups -OCH3 is 1. The minimum absolute atomic E-state index is 0.0893. The number of carbonyl (C=O) groups is 1. The zero-order valence-electron chi connectivity index (χ0n) is 13.0. The first kappa shape index (κ1) is 15.8. The zero-order valence-corrected chi connectivity index (χ0v) is 13.0. The molecule has 1 fully saturated rings. The van der Waals surface area contributed by atoms with Gasteiger partial charge >= 0.3 is 0 Å². The number of rotatable bonds is 4. The normalized spacial score (nSPS) is 21.1. The van der Waals surface area contributed by atoms with Crippen LogP contribution in [-0.2, 0) is 16.0 Å². The molecule has 5 heteroatoms. The van der Waals surface area contributed by atoms with Crippen LogP contribution in [0.3, 0.4) is 0 Å². The fourth-order valence-corrected chi connectivity index (χ4v) is 2.64.